The number of benzene rings is 10. The van der Waals surface area contributed by atoms with E-state index in [9.17, 15) is 0 Å². The highest BCUT2D eigenvalue weighted by Gasteiger charge is 2.37. The van der Waals surface area contributed by atoms with Crippen molar-refractivity contribution in [2.75, 3.05) is 9.80 Å². The van der Waals surface area contributed by atoms with Gasteiger partial charge in [-0.2, -0.15) is 0 Å². The number of hydrogen-bond acceptors (Lipinski definition) is 2. The minimum Gasteiger partial charge on any atom is -0.310 e. The first-order valence-corrected chi connectivity index (χ1v) is 23.2. The van der Waals surface area contributed by atoms with Crippen LogP contribution >= 0.6 is 0 Å². The Balaban J connectivity index is 1.05. The monoisotopic (exact) mass is 846 g/mol. The van der Waals surface area contributed by atoms with E-state index in [2.05, 4.69) is 268 Å². The van der Waals surface area contributed by atoms with Crippen LogP contribution in [0, 0.1) is 0 Å². The lowest BCUT2D eigenvalue weighted by molar-refractivity contribution is 0.660. The molecule has 2 heteroatoms. The van der Waals surface area contributed by atoms with E-state index >= 15 is 0 Å². The van der Waals surface area contributed by atoms with Crippen LogP contribution in [0.15, 0.2) is 231 Å². The molecule has 2 aliphatic carbocycles. The summed E-state index contributed by atoms with van der Waals surface area (Å²) in [6, 6.07) is 85.1. The number of anilines is 6. The maximum atomic E-state index is 2.47. The maximum absolute atomic E-state index is 2.47. The number of fused-ring (bicyclic) bond motifs is 7. The van der Waals surface area contributed by atoms with Gasteiger partial charge in [-0.3, -0.25) is 0 Å². The van der Waals surface area contributed by atoms with Crippen LogP contribution in [0.3, 0.4) is 0 Å². The van der Waals surface area contributed by atoms with Crippen molar-refractivity contribution in [1.82, 2.24) is 0 Å². The minimum atomic E-state index is -0.140. The number of hydrogen-bond donors (Lipinski definition) is 0. The third-order valence-electron chi connectivity index (χ3n) is 14.5. The van der Waals surface area contributed by atoms with Crippen molar-refractivity contribution >= 4 is 44.9 Å². The van der Waals surface area contributed by atoms with Gasteiger partial charge in [0.2, 0.25) is 0 Å². The largest absolute Gasteiger partial charge is 0.310 e. The second-order valence-electron chi connectivity index (χ2n) is 18.9. The summed E-state index contributed by atoms with van der Waals surface area (Å²) in [6.07, 6.45) is 0. The molecule has 0 aromatic heterocycles. The first-order chi connectivity index (χ1) is 32.3. The van der Waals surface area contributed by atoms with Crippen LogP contribution in [0.5, 0.6) is 0 Å². The molecule has 0 bridgehead atoms. The Morgan fingerprint density at radius 3 is 0.985 bits per heavy atom. The second kappa shape index (κ2) is 15.4. The molecule has 0 aliphatic heterocycles. The topological polar surface area (TPSA) is 6.48 Å². The first kappa shape index (κ1) is 39.6. The Morgan fingerprint density at radius 2 is 0.576 bits per heavy atom. The molecule has 12 rings (SSSR count). The molecule has 0 fully saturated rings. The minimum absolute atomic E-state index is 0.140. The van der Waals surface area contributed by atoms with Crippen LogP contribution in [0.1, 0.15) is 49.9 Å². The average Bonchev–Trinajstić information content (AvgIpc) is 3.74. The van der Waals surface area contributed by atoms with Crippen LogP contribution in [0.25, 0.3) is 55.3 Å². The van der Waals surface area contributed by atoms with Crippen LogP contribution in [-0.2, 0) is 10.8 Å². The van der Waals surface area contributed by atoms with E-state index < -0.39 is 0 Å². The molecule has 66 heavy (non-hydrogen) atoms. The quantitative estimate of drug-likeness (QED) is 0.150. The van der Waals surface area contributed by atoms with E-state index in [0.717, 1.165) is 34.1 Å². The molecule has 0 saturated heterocycles. The van der Waals surface area contributed by atoms with Gasteiger partial charge in [0.25, 0.3) is 0 Å². The van der Waals surface area contributed by atoms with Crippen molar-refractivity contribution in [3.05, 3.63) is 253 Å². The Labute approximate surface area is 388 Å². The van der Waals surface area contributed by atoms with Crippen molar-refractivity contribution < 1.29 is 0 Å². The Hall–Kier alpha value is -7.94. The summed E-state index contributed by atoms with van der Waals surface area (Å²) >= 11 is 0. The van der Waals surface area contributed by atoms with Crippen molar-refractivity contribution in [2.45, 2.75) is 38.5 Å². The van der Waals surface area contributed by atoms with Crippen molar-refractivity contribution in [3.63, 3.8) is 0 Å². The normalized spacial score (nSPS) is 13.7. The first-order valence-electron chi connectivity index (χ1n) is 23.2. The standard InChI is InChI=1S/C64H50N2/c1-63(2)57-25-15-13-21-51(57)53-37-35-49(41-59(53)63)65(47-31-27-45(28-32-47)43-17-7-5-8-18-43)61-39-40-62(56-24-12-11-23-55(56)61)66(48-33-29-46(30-34-48)44-19-9-6-10-20-44)50-36-38-54-52-22-14-16-26-58(52)64(3,4)60(54)42-50/h5-42H,1-4H3. The molecule has 0 amide bonds. The number of rotatable bonds is 8. The molecule has 10 aromatic carbocycles. The SMILES string of the molecule is CC1(C)c2ccccc2-c2ccc(N(c3ccc(-c4ccccc4)cc3)c3ccc(N(c4ccc(-c5ccccc5)cc4)c4ccc5c(c4)C(C)(C)c4ccccc4-5)c4ccccc34)cc21. The molecular formula is C64H50N2. The van der Waals surface area contributed by atoms with E-state index in [0.29, 0.717) is 0 Å². The maximum Gasteiger partial charge on any atom is 0.0541 e. The molecule has 0 saturated carbocycles. The summed E-state index contributed by atoms with van der Waals surface area (Å²) in [5, 5.41) is 2.34. The van der Waals surface area contributed by atoms with E-state index in [1.165, 1.54) is 77.5 Å². The fourth-order valence-electron chi connectivity index (χ4n) is 11.0. The van der Waals surface area contributed by atoms with Gasteiger partial charge < -0.3 is 9.80 Å². The van der Waals surface area contributed by atoms with Crippen LogP contribution in [0.2, 0.25) is 0 Å². The third kappa shape index (κ3) is 6.31. The van der Waals surface area contributed by atoms with Gasteiger partial charge in [0.05, 0.1) is 11.4 Å². The predicted molar refractivity (Wildman–Crippen MR) is 279 cm³/mol. The molecule has 0 radical (unpaired) electrons. The summed E-state index contributed by atoms with van der Waals surface area (Å²) < 4.78 is 0. The third-order valence-corrected chi connectivity index (χ3v) is 14.5. The van der Waals surface area contributed by atoms with Gasteiger partial charge in [-0.05, 0) is 127 Å². The molecule has 2 nitrogen and oxygen atoms in total. The van der Waals surface area contributed by atoms with Gasteiger partial charge in [0, 0.05) is 44.4 Å². The zero-order valence-corrected chi connectivity index (χ0v) is 37.8. The van der Waals surface area contributed by atoms with E-state index in [1.54, 1.807) is 0 Å². The summed E-state index contributed by atoms with van der Waals surface area (Å²) in [6.45, 7) is 9.46. The molecule has 0 heterocycles. The van der Waals surface area contributed by atoms with Gasteiger partial charge in [-0.1, -0.05) is 198 Å². The molecule has 10 aromatic rings. The van der Waals surface area contributed by atoms with Crippen molar-refractivity contribution in [1.29, 1.82) is 0 Å². The zero-order valence-electron chi connectivity index (χ0n) is 37.8. The fourth-order valence-corrected chi connectivity index (χ4v) is 11.0. The fraction of sp³-hybridized carbons (Fsp3) is 0.0938. The average molecular weight is 847 g/mol. The Bertz CT molecular complexity index is 3220. The molecule has 0 unspecified atom stereocenters. The second-order valence-corrected chi connectivity index (χ2v) is 18.9. The molecule has 0 N–H and O–H groups in total. The van der Waals surface area contributed by atoms with Gasteiger partial charge in [0.15, 0.2) is 0 Å². The molecular weight excluding hydrogens is 797 g/mol. The van der Waals surface area contributed by atoms with Gasteiger partial charge in [-0.15, -0.1) is 0 Å². The summed E-state index contributed by atoms with van der Waals surface area (Å²) in [5.41, 5.74) is 22.0. The van der Waals surface area contributed by atoms with Crippen molar-refractivity contribution in [3.8, 4) is 44.5 Å². The smallest absolute Gasteiger partial charge is 0.0541 e. The zero-order chi connectivity index (χ0) is 44.6. The molecule has 0 atom stereocenters. The van der Waals surface area contributed by atoms with Crippen LogP contribution in [0.4, 0.5) is 34.1 Å². The van der Waals surface area contributed by atoms with Crippen LogP contribution in [-0.4, -0.2) is 0 Å². The molecule has 0 spiro atoms. The lowest BCUT2D eigenvalue weighted by Gasteiger charge is -2.32. The lowest BCUT2D eigenvalue weighted by Crippen LogP contribution is -2.17. The number of nitrogens with zero attached hydrogens (tertiary/aromatic N) is 2. The van der Waals surface area contributed by atoms with Crippen LogP contribution < -0.4 is 9.80 Å². The predicted octanol–water partition coefficient (Wildman–Crippen LogP) is 17.7. The van der Waals surface area contributed by atoms with Crippen molar-refractivity contribution in [2.24, 2.45) is 0 Å². The lowest BCUT2D eigenvalue weighted by atomic mass is 9.82. The molecule has 2 aliphatic rings. The Kier molecular flexibility index (Phi) is 9.22. The Morgan fingerprint density at radius 1 is 0.258 bits per heavy atom. The van der Waals surface area contributed by atoms with Gasteiger partial charge >= 0.3 is 0 Å². The highest BCUT2D eigenvalue weighted by atomic mass is 15.2. The van der Waals surface area contributed by atoms with E-state index in [4.69, 9.17) is 0 Å². The highest BCUT2D eigenvalue weighted by Crippen LogP contribution is 2.54. The van der Waals surface area contributed by atoms with E-state index in [1.807, 2.05) is 0 Å². The van der Waals surface area contributed by atoms with Gasteiger partial charge in [-0.25, -0.2) is 0 Å². The summed E-state index contributed by atoms with van der Waals surface area (Å²) in [7, 11) is 0. The van der Waals surface area contributed by atoms with Gasteiger partial charge in [0.1, 0.15) is 0 Å². The summed E-state index contributed by atoms with van der Waals surface area (Å²) in [5.74, 6) is 0. The molecule has 316 valence electrons. The summed E-state index contributed by atoms with van der Waals surface area (Å²) in [4.78, 5) is 4.93. The highest BCUT2D eigenvalue weighted by molar-refractivity contribution is 6.08. The van der Waals surface area contributed by atoms with E-state index in [-0.39, 0.29) is 10.8 Å².